The maximum Gasteiger partial charge on any atom is 0.216 e. The Hall–Kier alpha value is -3.90. The molecule has 0 unspecified atom stereocenters. The molecule has 0 atom stereocenters. The molecule has 6 rings (SSSR count). The first-order valence-electron chi connectivity index (χ1n) is 13.3. The number of furan rings is 1. The minimum atomic E-state index is 0.467. The number of rotatable bonds is 3. The van der Waals surface area contributed by atoms with Gasteiger partial charge < -0.3 is 4.42 Å². The molecule has 1 aliphatic carbocycles. The zero-order chi connectivity index (χ0) is 25.7. The van der Waals surface area contributed by atoms with Crippen molar-refractivity contribution in [1.29, 1.82) is 5.26 Å². The average Bonchev–Trinajstić information content (AvgIpc) is 3.27. The van der Waals surface area contributed by atoms with Crippen molar-refractivity contribution in [3.8, 4) is 28.5 Å². The van der Waals surface area contributed by atoms with Crippen LogP contribution < -0.4 is 4.57 Å². The lowest BCUT2D eigenvalue weighted by Gasteiger charge is -2.34. The van der Waals surface area contributed by atoms with Crippen LogP contribution >= 0.6 is 0 Å². The van der Waals surface area contributed by atoms with Crippen LogP contribution in [0, 0.1) is 23.7 Å². The van der Waals surface area contributed by atoms with Crippen molar-refractivity contribution in [3.05, 3.63) is 89.6 Å². The molecule has 3 nitrogen and oxygen atoms in total. The molecule has 2 heterocycles. The van der Waals surface area contributed by atoms with Gasteiger partial charge in [0.05, 0.1) is 17.2 Å². The molecule has 1 saturated carbocycles. The first kappa shape index (κ1) is 23.5. The summed E-state index contributed by atoms with van der Waals surface area (Å²) in [5, 5.41) is 11.9. The summed E-state index contributed by atoms with van der Waals surface area (Å²) in [6.07, 6.45) is 7.13. The molecule has 0 spiro atoms. The van der Waals surface area contributed by atoms with Gasteiger partial charge in [0.2, 0.25) is 5.69 Å². The van der Waals surface area contributed by atoms with Crippen LogP contribution in [0.1, 0.15) is 62.1 Å². The Kier molecular flexibility index (Phi) is 5.64. The number of hydrogen-bond acceptors (Lipinski definition) is 2. The molecule has 0 aliphatic heterocycles. The summed E-state index contributed by atoms with van der Waals surface area (Å²) in [5.74, 6) is 0.635. The molecule has 1 aliphatic rings. The van der Waals surface area contributed by atoms with Crippen LogP contribution in [-0.4, -0.2) is 0 Å². The van der Waals surface area contributed by atoms with Crippen LogP contribution in [0.15, 0.2) is 77.3 Å². The van der Waals surface area contributed by atoms with E-state index in [0.717, 1.165) is 49.9 Å². The van der Waals surface area contributed by atoms with Crippen molar-refractivity contribution in [3.63, 3.8) is 0 Å². The molecule has 0 radical (unpaired) electrons. The van der Waals surface area contributed by atoms with Gasteiger partial charge in [-0.1, -0.05) is 50.2 Å². The third kappa shape index (κ3) is 4.11. The highest BCUT2D eigenvalue weighted by Crippen LogP contribution is 2.44. The first-order chi connectivity index (χ1) is 17.8. The van der Waals surface area contributed by atoms with Gasteiger partial charge in [-0.05, 0) is 78.8 Å². The standard InChI is InChI=1S/C34H33N2O/c1-22-8-13-27-29-20-23(21-35)19-28(32(29)37-33(27)31(22)30-7-5-6-18-36(30)4)26-11-9-24(10-12-26)25-14-16-34(2,3)17-15-25/h5-13,18-20,25H,14-17H2,1-4H3/q+1. The quantitative estimate of drug-likeness (QED) is 0.240. The summed E-state index contributed by atoms with van der Waals surface area (Å²) in [6, 6.07) is 25.8. The molecular weight excluding hydrogens is 452 g/mol. The number of hydrogen-bond donors (Lipinski definition) is 0. The van der Waals surface area contributed by atoms with Crippen LogP contribution in [0.4, 0.5) is 0 Å². The minimum Gasteiger partial charge on any atom is -0.454 e. The molecule has 2 aromatic heterocycles. The smallest absolute Gasteiger partial charge is 0.216 e. The van der Waals surface area contributed by atoms with Gasteiger partial charge in [-0.3, -0.25) is 0 Å². The average molecular weight is 486 g/mol. The van der Waals surface area contributed by atoms with Crippen LogP contribution in [0.3, 0.4) is 0 Å². The van der Waals surface area contributed by atoms with E-state index in [1.807, 2.05) is 18.2 Å². The molecule has 0 saturated heterocycles. The van der Waals surface area contributed by atoms with Crippen molar-refractivity contribution >= 4 is 21.9 Å². The van der Waals surface area contributed by atoms with Crippen LogP contribution in [0.25, 0.3) is 44.3 Å². The molecular formula is C34H33N2O+. The zero-order valence-electron chi connectivity index (χ0n) is 22.1. The molecule has 184 valence electrons. The lowest BCUT2D eigenvalue weighted by Crippen LogP contribution is -2.30. The van der Waals surface area contributed by atoms with E-state index in [9.17, 15) is 5.26 Å². The summed E-state index contributed by atoms with van der Waals surface area (Å²) in [6.45, 7) is 6.90. The highest BCUT2D eigenvalue weighted by atomic mass is 16.3. The van der Waals surface area contributed by atoms with Gasteiger partial charge >= 0.3 is 0 Å². The van der Waals surface area contributed by atoms with Gasteiger partial charge in [0, 0.05) is 28.5 Å². The summed E-state index contributed by atoms with van der Waals surface area (Å²) >= 11 is 0. The predicted octanol–water partition coefficient (Wildman–Crippen LogP) is 8.61. The molecule has 37 heavy (non-hydrogen) atoms. The zero-order valence-corrected chi connectivity index (χ0v) is 22.1. The molecule has 0 bridgehead atoms. The third-order valence-electron chi connectivity index (χ3n) is 8.42. The molecule has 0 N–H and O–H groups in total. The number of aryl methyl sites for hydroxylation is 2. The minimum absolute atomic E-state index is 0.467. The van der Waals surface area contributed by atoms with E-state index < -0.39 is 0 Å². The fourth-order valence-corrected chi connectivity index (χ4v) is 6.09. The van der Waals surface area contributed by atoms with Crippen molar-refractivity contribution in [2.24, 2.45) is 12.5 Å². The Morgan fingerprint density at radius 3 is 2.38 bits per heavy atom. The van der Waals surface area contributed by atoms with E-state index in [0.29, 0.717) is 16.9 Å². The van der Waals surface area contributed by atoms with E-state index in [4.69, 9.17) is 4.42 Å². The molecule has 3 heteroatoms. The van der Waals surface area contributed by atoms with E-state index in [1.54, 1.807) is 0 Å². The van der Waals surface area contributed by atoms with E-state index in [-0.39, 0.29) is 0 Å². The van der Waals surface area contributed by atoms with Gasteiger partial charge in [-0.2, -0.15) is 5.26 Å². The Bertz CT molecular complexity index is 1670. The van der Waals surface area contributed by atoms with Crippen molar-refractivity contribution < 1.29 is 8.98 Å². The number of fused-ring (bicyclic) bond motifs is 3. The molecule has 3 aromatic carbocycles. The number of aromatic nitrogens is 1. The highest BCUT2D eigenvalue weighted by Gasteiger charge is 2.28. The van der Waals surface area contributed by atoms with E-state index in [1.165, 1.54) is 31.2 Å². The topological polar surface area (TPSA) is 40.8 Å². The van der Waals surface area contributed by atoms with Gasteiger partial charge in [0.15, 0.2) is 6.20 Å². The van der Waals surface area contributed by atoms with Gasteiger partial charge in [0.25, 0.3) is 0 Å². The van der Waals surface area contributed by atoms with Crippen molar-refractivity contribution in [2.75, 3.05) is 0 Å². The summed E-state index contributed by atoms with van der Waals surface area (Å²) < 4.78 is 8.83. The third-order valence-corrected chi connectivity index (χ3v) is 8.42. The van der Waals surface area contributed by atoms with Crippen LogP contribution in [-0.2, 0) is 7.05 Å². The Morgan fingerprint density at radius 1 is 0.919 bits per heavy atom. The SMILES string of the molecule is Cc1ccc2c(oc3c(-c4ccc(C5CCC(C)(C)CC5)cc4)cc(C#N)cc32)c1-c1cccc[n+]1C. The second-order valence-corrected chi connectivity index (χ2v) is 11.5. The van der Waals surface area contributed by atoms with Gasteiger partial charge in [0.1, 0.15) is 18.2 Å². The number of pyridine rings is 1. The molecule has 5 aromatic rings. The maximum absolute atomic E-state index is 9.86. The molecule has 0 amide bonds. The first-order valence-corrected chi connectivity index (χ1v) is 13.3. The number of benzene rings is 3. The molecule has 1 fully saturated rings. The van der Waals surface area contributed by atoms with Gasteiger partial charge in [-0.25, -0.2) is 4.57 Å². The lowest BCUT2D eigenvalue weighted by atomic mass is 9.71. The van der Waals surface area contributed by atoms with Crippen LogP contribution in [0.5, 0.6) is 0 Å². The number of nitriles is 1. The van der Waals surface area contributed by atoms with Crippen molar-refractivity contribution in [2.45, 2.75) is 52.4 Å². The maximum atomic E-state index is 9.86. The Labute approximate surface area is 219 Å². The summed E-state index contributed by atoms with van der Waals surface area (Å²) in [7, 11) is 2.06. The van der Waals surface area contributed by atoms with E-state index in [2.05, 4.69) is 93.2 Å². The normalized spacial score (nSPS) is 15.8. The van der Waals surface area contributed by atoms with Crippen LogP contribution in [0.2, 0.25) is 0 Å². The van der Waals surface area contributed by atoms with E-state index >= 15 is 0 Å². The van der Waals surface area contributed by atoms with Gasteiger partial charge in [-0.15, -0.1) is 0 Å². The highest BCUT2D eigenvalue weighted by molar-refractivity contribution is 6.13. The Balaban J connectivity index is 1.50. The summed E-state index contributed by atoms with van der Waals surface area (Å²) in [5.41, 5.74) is 9.67. The fourth-order valence-electron chi connectivity index (χ4n) is 6.09. The lowest BCUT2D eigenvalue weighted by molar-refractivity contribution is -0.660. The van der Waals surface area contributed by atoms with Crippen molar-refractivity contribution in [1.82, 2.24) is 0 Å². The predicted molar refractivity (Wildman–Crippen MR) is 150 cm³/mol. The largest absolute Gasteiger partial charge is 0.454 e. The monoisotopic (exact) mass is 485 g/mol. The second kappa shape index (κ2) is 8.89. The Morgan fingerprint density at radius 2 is 1.68 bits per heavy atom. The fraction of sp³-hybridized carbons (Fsp3) is 0.294. The number of nitrogens with zero attached hydrogens (tertiary/aromatic N) is 2. The second-order valence-electron chi connectivity index (χ2n) is 11.5. The summed E-state index contributed by atoms with van der Waals surface area (Å²) in [4.78, 5) is 0.